The number of hydrazine groups is 1. The van der Waals surface area contributed by atoms with Crippen molar-refractivity contribution in [3.63, 3.8) is 0 Å². The lowest BCUT2D eigenvalue weighted by Gasteiger charge is -2.08. The Labute approximate surface area is 131 Å². The van der Waals surface area contributed by atoms with E-state index >= 15 is 0 Å². The van der Waals surface area contributed by atoms with Gasteiger partial charge in [-0.1, -0.05) is 30.3 Å². The van der Waals surface area contributed by atoms with Crippen LogP contribution in [-0.4, -0.2) is 11.8 Å². The highest BCUT2D eigenvalue weighted by molar-refractivity contribution is 6.01. The van der Waals surface area contributed by atoms with Crippen LogP contribution in [-0.2, 0) is 0 Å². The molecule has 0 fully saturated rings. The molecule has 23 heavy (non-hydrogen) atoms. The van der Waals surface area contributed by atoms with E-state index in [0.29, 0.717) is 5.56 Å². The monoisotopic (exact) mass is 308 g/mol. The molecule has 3 aromatic rings. The fourth-order valence-electron chi connectivity index (χ4n) is 2.19. The van der Waals surface area contributed by atoms with Crippen molar-refractivity contribution in [2.24, 2.45) is 0 Å². The Morgan fingerprint density at radius 1 is 0.696 bits per heavy atom. The van der Waals surface area contributed by atoms with Gasteiger partial charge in [0.2, 0.25) is 0 Å². The molecule has 0 spiro atoms. The summed E-state index contributed by atoms with van der Waals surface area (Å²) in [6, 6.07) is 18.0. The van der Waals surface area contributed by atoms with Gasteiger partial charge in [0.1, 0.15) is 5.82 Å². The lowest BCUT2D eigenvalue weighted by Crippen LogP contribution is -2.41. The van der Waals surface area contributed by atoms with Crippen LogP contribution in [0.1, 0.15) is 20.7 Å². The third-order valence-corrected chi connectivity index (χ3v) is 3.41. The van der Waals surface area contributed by atoms with Crippen LogP contribution in [0.5, 0.6) is 0 Å². The van der Waals surface area contributed by atoms with Gasteiger partial charge in [0.25, 0.3) is 11.8 Å². The molecular weight excluding hydrogens is 295 g/mol. The maximum absolute atomic E-state index is 12.8. The lowest BCUT2D eigenvalue weighted by molar-refractivity contribution is 0.0846. The SMILES string of the molecule is O=C(NNC(=O)c1ccc2ccccc2c1)c1ccc(F)cc1. The number of halogens is 1. The van der Waals surface area contributed by atoms with Crippen molar-refractivity contribution in [1.29, 1.82) is 0 Å². The Balaban J connectivity index is 1.68. The Kier molecular flexibility index (Phi) is 4.01. The van der Waals surface area contributed by atoms with Gasteiger partial charge in [0, 0.05) is 11.1 Å². The van der Waals surface area contributed by atoms with Crippen LogP contribution >= 0.6 is 0 Å². The number of carbonyl (C=O) groups is 2. The van der Waals surface area contributed by atoms with Gasteiger partial charge in [-0.05, 0) is 47.2 Å². The molecule has 0 heterocycles. The molecule has 0 bridgehead atoms. The van der Waals surface area contributed by atoms with Crippen molar-refractivity contribution < 1.29 is 14.0 Å². The second kappa shape index (κ2) is 6.27. The van der Waals surface area contributed by atoms with Crippen LogP contribution in [0, 0.1) is 5.82 Å². The third kappa shape index (κ3) is 3.35. The van der Waals surface area contributed by atoms with Crippen molar-refractivity contribution in [1.82, 2.24) is 10.9 Å². The first-order valence-electron chi connectivity index (χ1n) is 6.98. The molecular formula is C18H13FN2O2. The molecule has 0 aliphatic heterocycles. The van der Waals surface area contributed by atoms with E-state index in [2.05, 4.69) is 10.9 Å². The molecule has 0 saturated carbocycles. The average molecular weight is 308 g/mol. The number of rotatable bonds is 2. The van der Waals surface area contributed by atoms with E-state index in [-0.39, 0.29) is 5.56 Å². The van der Waals surface area contributed by atoms with Gasteiger partial charge in [0.05, 0.1) is 0 Å². The van der Waals surface area contributed by atoms with Gasteiger partial charge < -0.3 is 0 Å². The van der Waals surface area contributed by atoms with Crippen LogP contribution in [0.25, 0.3) is 10.8 Å². The molecule has 5 heteroatoms. The summed E-state index contributed by atoms with van der Waals surface area (Å²) in [6.07, 6.45) is 0. The van der Waals surface area contributed by atoms with Crippen molar-refractivity contribution in [3.05, 3.63) is 83.7 Å². The minimum Gasteiger partial charge on any atom is -0.267 e. The predicted molar refractivity (Wildman–Crippen MR) is 85.3 cm³/mol. The summed E-state index contributed by atoms with van der Waals surface area (Å²) in [4.78, 5) is 23.9. The fourth-order valence-corrected chi connectivity index (χ4v) is 2.19. The number of hydrogen-bond acceptors (Lipinski definition) is 2. The molecule has 0 atom stereocenters. The molecule has 3 aromatic carbocycles. The summed E-state index contributed by atoms with van der Waals surface area (Å²) in [5.41, 5.74) is 5.34. The Bertz CT molecular complexity index is 876. The van der Waals surface area contributed by atoms with Gasteiger partial charge in [-0.3, -0.25) is 20.4 Å². The van der Waals surface area contributed by atoms with Crippen LogP contribution < -0.4 is 10.9 Å². The fraction of sp³-hybridized carbons (Fsp3) is 0. The number of nitrogens with one attached hydrogen (secondary N) is 2. The van der Waals surface area contributed by atoms with E-state index in [1.807, 2.05) is 30.3 Å². The number of benzene rings is 3. The molecule has 0 aliphatic rings. The van der Waals surface area contributed by atoms with Gasteiger partial charge in [-0.2, -0.15) is 0 Å². The zero-order valence-electron chi connectivity index (χ0n) is 12.0. The Hall–Kier alpha value is -3.21. The standard InChI is InChI=1S/C18H13FN2O2/c19-16-9-7-13(8-10-16)17(22)20-21-18(23)15-6-5-12-3-1-2-4-14(12)11-15/h1-11H,(H,20,22)(H,21,23). The van der Waals surface area contributed by atoms with E-state index in [4.69, 9.17) is 0 Å². The molecule has 0 radical (unpaired) electrons. The number of fused-ring (bicyclic) bond motifs is 1. The summed E-state index contributed by atoms with van der Waals surface area (Å²) in [5, 5.41) is 1.96. The molecule has 2 amide bonds. The Morgan fingerprint density at radius 3 is 1.96 bits per heavy atom. The molecule has 0 saturated heterocycles. The van der Waals surface area contributed by atoms with E-state index in [1.165, 1.54) is 24.3 Å². The van der Waals surface area contributed by atoms with Gasteiger partial charge >= 0.3 is 0 Å². The lowest BCUT2D eigenvalue weighted by atomic mass is 10.1. The van der Waals surface area contributed by atoms with Crippen LogP contribution in [0.3, 0.4) is 0 Å². The quantitative estimate of drug-likeness (QED) is 0.715. The first kappa shape index (κ1) is 14.7. The second-order valence-corrected chi connectivity index (χ2v) is 4.98. The van der Waals surface area contributed by atoms with Gasteiger partial charge in [-0.15, -0.1) is 0 Å². The molecule has 0 unspecified atom stereocenters. The van der Waals surface area contributed by atoms with Crippen LogP contribution in [0.15, 0.2) is 66.7 Å². The topological polar surface area (TPSA) is 58.2 Å². The van der Waals surface area contributed by atoms with E-state index < -0.39 is 17.6 Å². The molecule has 3 rings (SSSR count). The molecule has 0 aromatic heterocycles. The maximum atomic E-state index is 12.8. The van der Waals surface area contributed by atoms with Crippen LogP contribution in [0.4, 0.5) is 4.39 Å². The zero-order chi connectivity index (χ0) is 16.2. The van der Waals surface area contributed by atoms with E-state index in [0.717, 1.165) is 10.8 Å². The van der Waals surface area contributed by atoms with Gasteiger partial charge in [-0.25, -0.2) is 4.39 Å². The molecule has 2 N–H and O–H groups in total. The highest BCUT2D eigenvalue weighted by Crippen LogP contribution is 2.15. The predicted octanol–water partition coefficient (Wildman–Crippen LogP) is 3.05. The summed E-state index contributed by atoms with van der Waals surface area (Å²) < 4.78 is 12.8. The van der Waals surface area contributed by atoms with Crippen molar-refractivity contribution in [2.75, 3.05) is 0 Å². The highest BCUT2D eigenvalue weighted by Gasteiger charge is 2.09. The number of carbonyl (C=O) groups excluding carboxylic acids is 2. The summed E-state index contributed by atoms with van der Waals surface area (Å²) in [6.45, 7) is 0. The number of hydrogen-bond donors (Lipinski definition) is 2. The van der Waals surface area contributed by atoms with E-state index in [1.54, 1.807) is 12.1 Å². The van der Waals surface area contributed by atoms with E-state index in [9.17, 15) is 14.0 Å². The highest BCUT2D eigenvalue weighted by atomic mass is 19.1. The first-order chi connectivity index (χ1) is 11.1. The van der Waals surface area contributed by atoms with Crippen LogP contribution in [0.2, 0.25) is 0 Å². The minimum atomic E-state index is -0.515. The smallest absolute Gasteiger partial charge is 0.267 e. The second-order valence-electron chi connectivity index (χ2n) is 4.98. The third-order valence-electron chi connectivity index (χ3n) is 3.41. The maximum Gasteiger partial charge on any atom is 0.269 e. The summed E-state index contributed by atoms with van der Waals surface area (Å²) in [5.74, 6) is -1.37. The first-order valence-corrected chi connectivity index (χ1v) is 6.98. The molecule has 4 nitrogen and oxygen atoms in total. The summed E-state index contributed by atoms with van der Waals surface area (Å²) >= 11 is 0. The van der Waals surface area contributed by atoms with Gasteiger partial charge in [0.15, 0.2) is 0 Å². The van der Waals surface area contributed by atoms with Crippen molar-refractivity contribution >= 4 is 22.6 Å². The minimum absolute atomic E-state index is 0.255. The van der Waals surface area contributed by atoms with Crippen molar-refractivity contribution in [3.8, 4) is 0 Å². The Morgan fingerprint density at radius 2 is 1.26 bits per heavy atom. The largest absolute Gasteiger partial charge is 0.269 e. The summed E-state index contributed by atoms with van der Waals surface area (Å²) in [7, 11) is 0. The zero-order valence-corrected chi connectivity index (χ0v) is 12.0. The molecule has 114 valence electrons. The normalized spacial score (nSPS) is 10.3. The molecule has 0 aliphatic carbocycles. The number of amides is 2. The average Bonchev–Trinajstić information content (AvgIpc) is 2.59. The van der Waals surface area contributed by atoms with Crippen molar-refractivity contribution in [2.45, 2.75) is 0 Å².